The van der Waals surface area contributed by atoms with Gasteiger partial charge in [-0.1, -0.05) is 47.1 Å². The van der Waals surface area contributed by atoms with Crippen LogP contribution in [0.15, 0.2) is 77.3 Å². The summed E-state index contributed by atoms with van der Waals surface area (Å²) in [5, 5.41) is 16.9. The van der Waals surface area contributed by atoms with Crippen molar-refractivity contribution in [1.82, 2.24) is 10.1 Å². The molecule has 0 aliphatic heterocycles. The van der Waals surface area contributed by atoms with E-state index in [9.17, 15) is 9.90 Å². The summed E-state index contributed by atoms with van der Waals surface area (Å²) in [6, 6.07) is 20.3. The van der Waals surface area contributed by atoms with Crippen LogP contribution in [-0.2, 0) is 0 Å². The van der Waals surface area contributed by atoms with Gasteiger partial charge in [0.1, 0.15) is 5.75 Å². The molecule has 4 aromatic rings. The zero-order valence-electron chi connectivity index (χ0n) is 14.5. The van der Waals surface area contributed by atoms with Crippen molar-refractivity contribution < 1.29 is 14.4 Å². The van der Waals surface area contributed by atoms with Gasteiger partial charge in [0.05, 0.1) is 11.1 Å². The van der Waals surface area contributed by atoms with Gasteiger partial charge in [0.15, 0.2) is 0 Å². The van der Waals surface area contributed by atoms with Crippen LogP contribution in [-0.4, -0.2) is 21.2 Å². The first-order valence-electron chi connectivity index (χ1n) is 8.39. The van der Waals surface area contributed by atoms with E-state index in [1.165, 1.54) is 12.1 Å². The summed E-state index contributed by atoms with van der Waals surface area (Å²) >= 11 is 6.02. The topological polar surface area (TPSA) is 88.2 Å². The predicted octanol–water partition coefficient (Wildman–Crippen LogP) is 5.01. The summed E-state index contributed by atoms with van der Waals surface area (Å²) in [6.45, 7) is 0. The molecule has 6 nitrogen and oxygen atoms in total. The van der Waals surface area contributed by atoms with Gasteiger partial charge in [0.2, 0.25) is 5.82 Å². The Bertz CT molecular complexity index is 1160. The van der Waals surface area contributed by atoms with E-state index in [2.05, 4.69) is 15.5 Å². The van der Waals surface area contributed by atoms with Crippen LogP contribution in [0.1, 0.15) is 10.4 Å². The number of halogens is 1. The number of anilines is 1. The number of hydrogen-bond acceptors (Lipinski definition) is 5. The second-order valence-electron chi connectivity index (χ2n) is 5.98. The van der Waals surface area contributed by atoms with Crippen LogP contribution >= 0.6 is 11.6 Å². The van der Waals surface area contributed by atoms with E-state index in [0.29, 0.717) is 33.2 Å². The number of aromatic nitrogens is 2. The lowest BCUT2D eigenvalue weighted by molar-refractivity contribution is 0.102. The van der Waals surface area contributed by atoms with E-state index in [1.54, 1.807) is 54.6 Å². The van der Waals surface area contributed by atoms with Gasteiger partial charge in [0, 0.05) is 22.3 Å². The lowest BCUT2D eigenvalue weighted by Crippen LogP contribution is -2.13. The van der Waals surface area contributed by atoms with Gasteiger partial charge in [0.25, 0.3) is 11.8 Å². The molecule has 0 radical (unpaired) electrons. The summed E-state index contributed by atoms with van der Waals surface area (Å²) in [5.41, 5.74) is 2.06. The molecule has 138 valence electrons. The van der Waals surface area contributed by atoms with Crippen molar-refractivity contribution in [2.24, 2.45) is 0 Å². The average molecular weight is 392 g/mol. The van der Waals surface area contributed by atoms with Crippen molar-refractivity contribution in [1.29, 1.82) is 0 Å². The van der Waals surface area contributed by atoms with E-state index in [-0.39, 0.29) is 17.5 Å². The Morgan fingerprint density at radius 1 is 1.00 bits per heavy atom. The molecule has 3 aromatic carbocycles. The molecule has 0 aliphatic rings. The molecule has 0 bridgehead atoms. The maximum absolute atomic E-state index is 12.7. The molecule has 1 amide bonds. The van der Waals surface area contributed by atoms with Crippen molar-refractivity contribution in [3.05, 3.63) is 83.4 Å². The fraction of sp³-hybridized carbons (Fsp3) is 0. The van der Waals surface area contributed by atoms with Gasteiger partial charge < -0.3 is 14.9 Å². The van der Waals surface area contributed by atoms with Crippen molar-refractivity contribution in [3.8, 4) is 28.6 Å². The lowest BCUT2D eigenvalue weighted by atomic mass is 10.1. The normalized spacial score (nSPS) is 10.6. The predicted molar refractivity (Wildman–Crippen MR) is 106 cm³/mol. The van der Waals surface area contributed by atoms with Crippen molar-refractivity contribution in [3.63, 3.8) is 0 Å². The summed E-state index contributed by atoms with van der Waals surface area (Å²) in [5.74, 6) is 0.301. The fourth-order valence-electron chi connectivity index (χ4n) is 2.73. The Labute approximate surface area is 165 Å². The van der Waals surface area contributed by atoms with Crippen LogP contribution in [0.4, 0.5) is 5.69 Å². The van der Waals surface area contributed by atoms with Gasteiger partial charge in [-0.15, -0.1) is 0 Å². The minimum atomic E-state index is -0.358. The fourth-order valence-corrected chi connectivity index (χ4v) is 2.92. The van der Waals surface area contributed by atoms with Gasteiger partial charge in [-0.05, 0) is 36.4 Å². The third-order valence-electron chi connectivity index (χ3n) is 4.01. The first-order chi connectivity index (χ1) is 13.6. The number of hydrogen-bond donors (Lipinski definition) is 2. The molecule has 1 aromatic heterocycles. The number of rotatable bonds is 4. The summed E-state index contributed by atoms with van der Waals surface area (Å²) in [7, 11) is 0. The highest BCUT2D eigenvalue weighted by Gasteiger charge is 2.18. The molecular weight excluding hydrogens is 378 g/mol. The molecule has 0 spiro atoms. The van der Waals surface area contributed by atoms with Crippen LogP contribution < -0.4 is 5.32 Å². The number of amides is 1. The number of nitrogens with one attached hydrogen (secondary N) is 1. The van der Waals surface area contributed by atoms with Gasteiger partial charge >= 0.3 is 0 Å². The van der Waals surface area contributed by atoms with E-state index in [1.807, 2.05) is 6.07 Å². The molecule has 4 rings (SSSR count). The lowest BCUT2D eigenvalue weighted by Gasteiger charge is -2.08. The molecule has 0 fully saturated rings. The molecule has 1 heterocycles. The SMILES string of the molecule is O=C(Nc1cccc(O)c1)c1ccccc1-c1nc(-c2cccc(Cl)c2)no1. The standard InChI is InChI=1S/C21H14ClN3O3/c22-14-6-3-5-13(11-14)19-24-21(28-25-19)18-10-2-1-9-17(18)20(27)23-15-7-4-8-16(26)12-15/h1-12,26H,(H,23,27). The smallest absolute Gasteiger partial charge is 0.259 e. The second kappa shape index (κ2) is 7.54. The number of carbonyl (C=O) groups excluding carboxylic acids is 1. The Kier molecular flexibility index (Phi) is 4.78. The van der Waals surface area contributed by atoms with Gasteiger partial charge in [-0.3, -0.25) is 4.79 Å². The quantitative estimate of drug-likeness (QED) is 0.510. The Balaban J connectivity index is 1.66. The zero-order valence-corrected chi connectivity index (χ0v) is 15.2. The number of aromatic hydroxyl groups is 1. The van der Waals surface area contributed by atoms with Crippen LogP contribution in [0.3, 0.4) is 0 Å². The summed E-state index contributed by atoms with van der Waals surface area (Å²) in [6.07, 6.45) is 0. The number of phenolic OH excluding ortho intramolecular Hbond substituents is 1. The van der Waals surface area contributed by atoms with Crippen LogP contribution in [0.5, 0.6) is 5.75 Å². The van der Waals surface area contributed by atoms with Crippen LogP contribution in [0.2, 0.25) is 5.02 Å². The third-order valence-corrected chi connectivity index (χ3v) is 4.25. The maximum Gasteiger partial charge on any atom is 0.259 e. The number of benzene rings is 3. The van der Waals surface area contributed by atoms with E-state index < -0.39 is 0 Å². The first kappa shape index (κ1) is 17.8. The molecule has 7 heteroatoms. The van der Waals surface area contributed by atoms with Crippen molar-refractivity contribution in [2.75, 3.05) is 5.32 Å². The minimum absolute atomic E-state index is 0.0640. The van der Waals surface area contributed by atoms with E-state index in [4.69, 9.17) is 16.1 Å². The first-order valence-corrected chi connectivity index (χ1v) is 8.77. The third kappa shape index (κ3) is 3.72. The molecule has 0 saturated heterocycles. The monoisotopic (exact) mass is 391 g/mol. The Hall–Kier alpha value is -3.64. The Morgan fingerprint density at radius 2 is 1.82 bits per heavy atom. The van der Waals surface area contributed by atoms with E-state index in [0.717, 1.165) is 0 Å². The average Bonchev–Trinajstić information content (AvgIpc) is 3.18. The van der Waals surface area contributed by atoms with Gasteiger partial charge in [-0.2, -0.15) is 4.98 Å². The highest BCUT2D eigenvalue weighted by atomic mass is 35.5. The summed E-state index contributed by atoms with van der Waals surface area (Å²) < 4.78 is 5.38. The zero-order chi connectivity index (χ0) is 19.5. The highest BCUT2D eigenvalue weighted by Crippen LogP contribution is 2.27. The molecule has 2 N–H and O–H groups in total. The van der Waals surface area contributed by atoms with Gasteiger partial charge in [-0.25, -0.2) is 0 Å². The van der Waals surface area contributed by atoms with Crippen LogP contribution in [0, 0.1) is 0 Å². The number of nitrogens with zero attached hydrogens (tertiary/aromatic N) is 2. The molecule has 28 heavy (non-hydrogen) atoms. The second-order valence-corrected chi connectivity index (χ2v) is 6.42. The van der Waals surface area contributed by atoms with E-state index >= 15 is 0 Å². The molecule has 0 unspecified atom stereocenters. The highest BCUT2D eigenvalue weighted by molar-refractivity contribution is 6.30. The van der Waals surface area contributed by atoms with Crippen molar-refractivity contribution in [2.45, 2.75) is 0 Å². The molecule has 0 aliphatic carbocycles. The molecule has 0 atom stereocenters. The number of carbonyl (C=O) groups is 1. The van der Waals surface area contributed by atoms with Crippen LogP contribution in [0.25, 0.3) is 22.8 Å². The Morgan fingerprint density at radius 3 is 2.64 bits per heavy atom. The largest absolute Gasteiger partial charge is 0.508 e. The molecule has 0 saturated carbocycles. The number of phenols is 1. The van der Waals surface area contributed by atoms with Crippen molar-refractivity contribution >= 4 is 23.2 Å². The minimum Gasteiger partial charge on any atom is -0.508 e. The molecular formula is C21H14ClN3O3. The maximum atomic E-state index is 12.7. The summed E-state index contributed by atoms with van der Waals surface area (Å²) in [4.78, 5) is 17.1.